The number of aromatic amines is 1. The van der Waals surface area contributed by atoms with Gasteiger partial charge >= 0.3 is 0 Å². The van der Waals surface area contributed by atoms with Gasteiger partial charge in [-0.1, -0.05) is 15.9 Å². The van der Waals surface area contributed by atoms with Crippen molar-refractivity contribution in [1.82, 2.24) is 10.2 Å². The third kappa shape index (κ3) is 2.66. The first-order valence-electron chi connectivity index (χ1n) is 5.15. The molecule has 0 saturated carbocycles. The lowest BCUT2D eigenvalue weighted by Crippen LogP contribution is -2.06. The number of rotatable bonds is 3. The highest BCUT2D eigenvalue weighted by atomic mass is 79.9. The number of hydrogen-bond acceptors (Lipinski definition) is 3. The average Bonchev–Trinajstić information content (AvgIpc) is 2.85. The van der Waals surface area contributed by atoms with Crippen LogP contribution >= 0.6 is 15.9 Å². The van der Waals surface area contributed by atoms with Crippen molar-refractivity contribution in [3.8, 4) is 6.07 Å². The van der Waals surface area contributed by atoms with E-state index in [4.69, 9.17) is 5.26 Å². The lowest BCUT2D eigenvalue weighted by molar-refractivity contribution is 0.885. The quantitative estimate of drug-likeness (QED) is 0.912. The van der Waals surface area contributed by atoms with Gasteiger partial charge in [-0.05, 0) is 25.1 Å². The van der Waals surface area contributed by atoms with Crippen molar-refractivity contribution < 1.29 is 0 Å². The number of anilines is 1. The SMILES string of the molecule is CC(Nc1ccc(Br)cc1C#N)c1cn[nH]c1. The number of nitrogens with zero attached hydrogens (tertiary/aromatic N) is 2. The molecule has 17 heavy (non-hydrogen) atoms. The Hall–Kier alpha value is -1.80. The molecule has 0 aliphatic rings. The summed E-state index contributed by atoms with van der Waals surface area (Å²) in [6, 6.07) is 7.86. The number of hydrogen-bond donors (Lipinski definition) is 2. The Morgan fingerprint density at radius 2 is 2.35 bits per heavy atom. The highest BCUT2D eigenvalue weighted by Crippen LogP contribution is 2.24. The van der Waals surface area contributed by atoms with Gasteiger partial charge in [-0.15, -0.1) is 0 Å². The number of H-pyrrole nitrogens is 1. The van der Waals surface area contributed by atoms with E-state index in [0.717, 1.165) is 15.7 Å². The smallest absolute Gasteiger partial charge is 0.101 e. The van der Waals surface area contributed by atoms with E-state index in [0.29, 0.717) is 5.56 Å². The van der Waals surface area contributed by atoms with Crippen LogP contribution in [-0.2, 0) is 0 Å². The Morgan fingerprint density at radius 3 is 3.00 bits per heavy atom. The summed E-state index contributed by atoms with van der Waals surface area (Å²) in [5, 5.41) is 19.0. The molecule has 2 rings (SSSR count). The zero-order valence-electron chi connectivity index (χ0n) is 9.24. The summed E-state index contributed by atoms with van der Waals surface area (Å²) < 4.78 is 0.899. The molecule has 0 bridgehead atoms. The average molecular weight is 291 g/mol. The molecule has 0 aliphatic heterocycles. The lowest BCUT2D eigenvalue weighted by Gasteiger charge is -2.14. The molecular weight excluding hydrogens is 280 g/mol. The van der Waals surface area contributed by atoms with Gasteiger partial charge in [0.2, 0.25) is 0 Å². The molecule has 0 saturated heterocycles. The molecule has 1 unspecified atom stereocenters. The molecule has 86 valence electrons. The van der Waals surface area contributed by atoms with Crippen LogP contribution in [0.1, 0.15) is 24.1 Å². The second kappa shape index (κ2) is 5.02. The predicted octanol–water partition coefficient (Wildman–Crippen LogP) is 3.22. The molecule has 0 spiro atoms. The van der Waals surface area contributed by atoms with Crippen molar-refractivity contribution in [3.63, 3.8) is 0 Å². The number of nitrogens with one attached hydrogen (secondary N) is 2. The van der Waals surface area contributed by atoms with Crippen LogP contribution in [0.5, 0.6) is 0 Å². The van der Waals surface area contributed by atoms with E-state index in [1.165, 1.54) is 0 Å². The number of halogens is 1. The molecule has 0 aliphatic carbocycles. The molecule has 1 heterocycles. The standard InChI is InChI=1S/C12H11BrN4/c1-8(10-6-15-16-7-10)17-12-3-2-11(13)4-9(12)5-14/h2-4,6-8,17H,1H3,(H,15,16). The van der Waals surface area contributed by atoms with Gasteiger partial charge in [-0.2, -0.15) is 10.4 Å². The molecular formula is C12H11BrN4. The largest absolute Gasteiger partial charge is 0.377 e. The van der Waals surface area contributed by atoms with Gasteiger partial charge in [-0.3, -0.25) is 5.10 Å². The molecule has 0 radical (unpaired) electrons. The van der Waals surface area contributed by atoms with Crippen molar-refractivity contribution in [3.05, 3.63) is 46.2 Å². The summed E-state index contributed by atoms with van der Waals surface area (Å²) in [5.74, 6) is 0. The minimum absolute atomic E-state index is 0.0991. The first-order chi connectivity index (χ1) is 8.20. The topological polar surface area (TPSA) is 64.5 Å². The van der Waals surface area contributed by atoms with Crippen LogP contribution in [0.3, 0.4) is 0 Å². The first kappa shape index (κ1) is 11.7. The van der Waals surface area contributed by atoms with Crippen LogP contribution in [-0.4, -0.2) is 10.2 Å². The number of nitriles is 1. The Labute approximate surface area is 108 Å². The maximum atomic E-state index is 9.06. The summed E-state index contributed by atoms with van der Waals surface area (Å²) in [6.07, 6.45) is 3.60. The third-order valence-corrected chi connectivity index (χ3v) is 2.99. The van der Waals surface area contributed by atoms with Crippen molar-refractivity contribution >= 4 is 21.6 Å². The second-order valence-corrected chi connectivity index (χ2v) is 4.62. The Kier molecular flexibility index (Phi) is 3.45. The van der Waals surface area contributed by atoms with Crippen LogP contribution in [0, 0.1) is 11.3 Å². The number of aromatic nitrogens is 2. The second-order valence-electron chi connectivity index (χ2n) is 3.70. The van der Waals surface area contributed by atoms with Crippen molar-refractivity contribution in [2.24, 2.45) is 0 Å². The predicted molar refractivity (Wildman–Crippen MR) is 69.5 cm³/mol. The fourth-order valence-corrected chi connectivity index (χ4v) is 1.91. The zero-order valence-corrected chi connectivity index (χ0v) is 10.8. The van der Waals surface area contributed by atoms with Crippen LogP contribution in [0.15, 0.2) is 35.1 Å². The van der Waals surface area contributed by atoms with E-state index in [1.807, 2.05) is 25.3 Å². The van der Waals surface area contributed by atoms with E-state index in [-0.39, 0.29) is 6.04 Å². The van der Waals surface area contributed by atoms with E-state index >= 15 is 0 Å². The third-order valence-electron chi connectivity index (χ3n) is 2.49. The molecule has 5 heteroatoms. The van der Waals surface area contributed by atoms with Crippen molar-refractivity contribution in [2.75, 3.05) is 5.32 Å². The maximum Gasteiger partial charge on any atom is 0.101 e. The molecule has 2 N–H and O–H groups in total. The monoisotopic (exact) mass is 290 g/mol. The maximum absolute atomic E-state index is 9.06. The lowest BCUT2D eigenvalue weighted by atomic mass is 10.1. The van der Waals surface area contributed by atoms with E-state index < -0.39 is 0 Å². The molecule has 0 amide bonds. The molecule has 2 aromatic rings. The minimum Gasteiger partial charge on any atom is -0.377 e. The van der Waals surface area contributed by atoms with Gasteiger partial charge in [0.05, 0.1) is 23.5 Å². The van der Waals surface area contributed by atoms with Crippen LogP contribution in [0.25, 0.3) is 0 Å². The van der Waals surface area contributed by atoms with Crippen LogP contribution in [0.4, 0.5) is 5.69 Å². The van der Waals surface area contributed by atoms with E-state index in [9.17, 15) is 0 Å². The molecule has 1 aromatic carbocycles. The summed E-state index contributed by atoms with van der Waals surface area (Å²) >= 11 is 3.35. The molecule has 4 nitrogen and oxygen atoms in total. The van der Waals surface area contributed by atoms with Crippen molar-refractivity contribution in [1.29, 1.82) is 5.26 Å². The molecule has 1 atom stereocenters. The van der Waals surface area contributed by atoms with Gasteiger partial charge in [-0.25, -0.2) is 0 Å². The van der Waals surface area contributed by atoms with Gasteiger partial charge in [0.15, 0.2) is 0 Å². The zero-order chi connectivity index (χ0) is 12.3. The fourth-order valence-electron chi connectivity index (χ4n) is 1.55. The van der Waals surface area contributed by atoms with E-state index in [2.05, 4.69) is 37.5 Å². The normalized spacial score (nSPS) is 11.8. The Bertz CT molecular complexity index is 542. The van der Waals surface area contributed by atoms with Gasteiger partial charge in [0.1, 0.15) is 6.07 Å². The first-order valence-corrected chi connectivity index (χ1v) is 5.95. The number of benzene rings is 1. The highest BCUT2D eigenvalue weighted by Gasteiger charge is 2.09. The molecule has 0 fully saturated rings. The van der Waals surface area contributed by atoms with Gasteiger partial charge in [0.25, 0.3) is 0 Å². The van der Waals surface area contributed by atoms with Gasteiger partial charge < -0.3 is 5.32 Å². The Balaban J connectivity index is 2.22. The van der Waals surface area contributed by atoms with Crippen LogP contribution < -0.4 is 5.32 Å². The van der Waals surface area contributed by atoms with Crippen LogP contribution in [0.2, 0.25) is 0 Å². The summed E-state index contributed by atoms with van der Waals surface area (Å²) in [5.41, 5.74) is 2.50. The highest BCUT2D eigenvalue weighted by molar-refractivity contribution is 9.10. The van der Waals surface area contributed by atoms with Gasteiger partial charge in [0, 0.05) is 16.2 Å². The fraction of sp³-hybridized carbons (Fsp3) is 0.167. The summed E-state index contributed by atoms with van der Waals surface area (Å²) in [7, 11) is 0. The van der Waals surface area contributed by atoms with E-state index in [1.54, 1.807) is 12.3 Å². The minimum atomic E-state index is 0.0991. The summed E-state index contributed by atoms with van der Waals surface area (Å²) in [6.45, 7) is 2.02. The summed E-state index contributed by atoms with van der Waals surface area (Å²) in [4.78, 5) is 0. The Morgan fingerprint density at radius 1 is 1.53 bits per heavy atom. The van der Waals surface area contributed by atoms with Crippen molar-refractivity contribution in [2.45, 2.75) is 13.0 Å². The molecule has 1 aromatic heterocycles.